The van der Waals surface area contributed by atoms with Gasteiger partial charge in [0.2, 0.25) is 0 Å². The van der Waals surface area contributed by atoms with E-state index in [2.05, 4.69) is 29.0 Å². The van der Waals surface area contributed by atoms with Crippen molar-refractivity contribution in [3.63, 3.8) is 0 Å². The molecule has 0 unspecified atom stereocenters. The van der Waals surface area contributed by atoms with Gasteiger partial charge >= 0.3 is 0 Å². The van der Waals surface area contributed by atoms with Crippen molar-refractivity contribution >= 4 is 11.0 Å². The van der Waals surface area contributed by atoms with E-state index in [1.165, 1.54) is 0 Å². The lowest BCUT2D eigenvalue weighted by Gasteiger charge is -2.13. The minimum Gasteiger partial charge on any atom is -0.292 e. The summed E-state index contributed by atoms with van der Waals surface area (Å²) in [5.41, 5.74) is 1.82. The predicted octanol–water partition coefficient (Wildman–Crippen LogP) is 2.90. The van der Waals surface area contributed by atoms with E-state index < -0.39 is 0 Å². The van der Waals surface area contributed by atoms with Crippen LogP contribution < -0.4 is 5.56 Å². The van der Waals surface area contributed by atoms with Crippen LogP contribution in [0.4, 0.5) is 0 Å². The molecule has 22 heavy (non-hydrogen) atoms. The lowest BCUT2D eigenvalue weighted by Crippen LogP contribution is -2.24. The summed E-state index contributed by atoms with van der Waals surface area (Å²) in [5, 5.41) is 8.88. The first-order valence-electron chi connectivity index (χ1n) is 7.43. The van der Waals surface area contributed by atoms with Gasteiger partial charge in [-0.15, -0.1) is 0 Å². The lowest BCUT2D eigenvalue weighted by molar-refractivity contribution is 0.515. The fourth-order valence-electron chi connectivity index (χ4n) is 2.43. The monoisotopic (exact) mass is 294 g/mol. The second-order valence-electron chi connectivity index (χ2n) is 5.72. The van der Waals surface area contributed by atoms with Gasteiger partial charge in [-0.1, -0.05) is 13.8 Å². The molecular weight excluding hydrogens is 276 g/mol. The molecular formula is C17H18N4O. The van der Waals surface area contributed by atoms with Crippen LogP contribution in [0, 0.1) is 5.92 Å². The third kappa shape index (κ3) is 2.74. The van der Waals surface area contributed by atoms with Crippen LogP contribution in [-0.2, 0) is 6.54 Å². The van der Waals surface area contributed by atoms with E-state index >= 15 is 0 Å². The van der Waals surface area contributed by atoms with Crippen molar-refractivity contribution in [2.45, 2.75) is 26.8 Å². The smallest absolute Gasteiger partial charge is 0.261 e. The maximum Gasteiger partial charge on any atom is 0.261 e. The Morgan fingerprint density at radius 1 is 1.18 bits per heavy atom. The third-order valence-electron chi connectivity index (χ3n) is 3.63. The fraction of sp³-hybridized carbons (Fsp3) is 0.294. The zero-order valence-electron chi connectivity index (χ0n) is 12.7. The molecule has 5 heteroatoms. The van der Waals surface area contributed by atoms with Gasteiger partial charge in [-0.25, -0.2) is 4.98 Å². The largest absolute Gasteiger partial charge is 0.292 e. The minimum atomic E-state index is -0.0626. The van der Waals surface area contributed by atoms with Gasteiger partial charge in [0.15, 0.2) is 0 Å². The number of hydrogen-bond acceptors (Lipinski definition) is 4. The molecule has 0 atom stereocenters. The lowest BCUT2D eigenvalue weighted by atomic mass is 10.1. The summed E-state index contributed by atoms with van der Waals surface area (Å²) in [6.07, 6.45) is 4.24. The van der Waals surface area contributed by atoms with E-state index in [-0.39, 0.29) is 5.56 Å². The highest BCUT2D eigenvalue weighted by Crippen LogP contribution is 2.18. The van der Waals surface area contributed by atoms with Crippen LogP contribution in [0.3, 0.4) is 0 Å². The van der Waals surface area contributed by atoms with E-state index in [0.717, 1.165) is 17.5 Å². The van der Waals surface area contributed by atoms with E-state index in [0.29, 0.717) is 23.7 Å². The number of aromatic nitrogens is 4. The summed E-state index contributed by atoms with van der Waals surface area (Å²) < 4.78 is 1.75. The molecule has 0 saturated heterocycles. The molecule has 3 aromatic heterocycles. The quantitative estimate of drug-likeness (QED) is 0.742. The molecule has 0 saturated carbocycles. The highest BCUT2D eigenvalue weighted by molar-refractivity contribution is 5.80. The number of nitrogens with zero attached hydrogens (tertiary/aromatic N) is 4. The number of pyridine rings is 2. The zero-order chi connectivity index (χ0) is 15.5. The van der Waals surface area contributed by atoms with Crippen molar-refractivity contribution in [2.24, 2.45) is 5.92 Å². The van der Waals surface area contributed by atoms with Crippen molar-refractivity contribution in [1.82, 2.24) is 19.7 Å². The fourth-order valence-corrected chi connectivity index (χ4v) is 2.43. The Labute approximate surface area is 128 Å². The normalized spacial score (nSPS) is 11.2. The van der Waals surface area contributed by atoms with Crippen molar-refractivity contribution in [3.05, 3.63) is 53.1 Å². The molecule has 0 radical (unpaired) electrons. The summed E-state index contributed by atoms with van der Waals surface area (Å²) >= 11 is 0. The van der Waals surface area contributed by atoms with Crippen LogP contribution in [0.15, 0.2) is 47.5 Å². The summed E-state index contributed by atoms with van der Waals surface area (Å²) in [6.45, 7) is 4.94. The molecule has 3 aromatic rings. The molecule has 3 heterocycles. The summed E-state index contributed by atoms with van der Waals surface area (Å²) in [7, 11) is 0. The Hall–Kier alpha value is -2.56. The second kappa shape index (κ2) is 6.05. The van der Waals surface area contributed by atoms with Gasteiger partial charge in [-0.2, -0.15) is 10.2 Å². The molecule has 0 aliphatic rings. The van der Waals surface area contributed by atoms with Crippen molar-refractivity contribution in [2.75, 3.05) is 0 Å². The van der Waals surface area contributed by atoms with E-state index in [1.54, 1.807) is 29.1 Å². The Balaban J connectivity index is 2.22. The molecule has 0 amide bonds. The maximum atomic E-state index is 12.9. The van der Waals surface area contributed by atoms with Gasteiger partial charge in [-0.3, -0.25) is 9.36 Å². The molecule has 0 aliphatic heterocycles. The maximum absolute atomic E-state index is 12.9. The Morgan fingerprint density at radius 3 is 2.73 bits per heavy atom. The van der Waals surface area contributed by atoms with Crippen LogP contribution in [0.1, 0.15) is 20.3 Å². The van der Waals surface area contributed by atoms with Crippen LogP contribution in [-0.4, -0.2) is 19.7 Å². The van der Waals surface area contributed by atoms with Gasteiger partial charge in [0, 0.05) is 24.3 Å². The Kier molecular flexibility index (Phi) is 3.96. The van der Waals surface area contributed by atoms with Crippen LogP contribution in [0.5, 0.6) is 0 Å². The van der Waals surface area contributed by atoms with Crippen molar-refractivity contribution < 1.29 is 0 Å². The summed E-state index contributed by atoms with van der Waals surface area (Å²) in [4.78, 5) is 17.2. The minimum absolute atomic E-state index is 0.0626. The SMILES string of the molecule is CC(C)CCn1c(=O)c(-c2cccnn2)cc2cccnc21. The standard InChI is InChI=1S/C17H18N4O/c1-12(2)7-10-21-16-13(5-3-8-18-16)11-14(17(21)22)15-6-4-9-19-20-15/h3-6,8-9,11-12H,7,10H2,1-2H3. The number of aryl methyl sites for hydroxylation is 1. The molecule has 0 spiro atoms. The molecule has 0 aromatic carbocycles. The molecule has 5 nitrogen and oxygen atoms in total. The van der Waals surface area contributed by atoms with Crippen molar-refractivity contribution in [3.8, 4) is 11.3 Å². The van der Waals surface area contributed by atoms with Gasteiger partial charge < -0.3 is 0 Å². The molecule has 0 aliphatic carbocycles. The number of hydrogen-bond donors (Lipinski definition) is 0. The Morgan fingerprint density at radius 2 is 2.00 bits per heavy atom. The van der Waals surface area contributed by atoms with Gasteiger partial charge in [-0.05, 0) is 42.7 Å². The first-order valence-corrected chi connectivity index (χ1v) is 7.43. The Bertz CT molecular complexity index is 840. The summed E-state index contributed by atoms with van der Waals surface area (Å²) in [6, 6.07) is 9.28. The highest BCUT2D eigenvalue weighted by Gasteiger charge is 2.13. The highest BCUT2D eigenvalue weighted by atomic mass is 16.1. The molecule has 3 rings (SSSR count). The van der Waals surface area contributed by atoms with E-state index in [1.807, 2.05) is 18.2 Å². The van der Waals surface area contributed by atoms with E-state index in [9.17, 15) is 4.79 Å². The molecule has 0 N–H and O–H groups in total. The average molecular weight is 294 g/mol. The van der Waals surface area contributed by atoms with Gasteiger partial charge in [0.1, 0.15) is 5.65 Å². The first kappa shape index (κ1) is 14.4. The third-order valence-corrected chi connectivity index (χ3v) is 3.63. The number of rotatable bonds is 4. The molecule has 0 fully saturated rings. The summed E-state index contributed by atoms with van der Waals surface area (Å²) in [5.74, 6) is 0.519. The topological polar surface area (TPSA) is 60.7 Å². The van der Waals surface area contributed by atoms with E-state index in [4.69, 9.17) is 0 Å². The van der Waals surface area contributed by atoms with Crippen LogP contribution in [0.2, 0.25) is 0 Å². The second-order valence-corrected chi connectivity index (χ2v) is 5.72. The first-order chi connectivity index (χ1) is 10.7. The van der Waals surface area contributed by atoms with Gasteiger partial charge in [0.25, 0.3) is 5.56 Å². The zero-order valence-corrected chi connectivity index (χ0v) is 12.7. The van der Waals surface area contributed by atoms with Gasteiger partial charge in [0.05, 0.1) is 11.3 Å². The van der Waals surface area contributed by atoms with Crippen LogP contribution >= 0.6 is 0 Å². The van der Waals surface area contributed by atoms with Crippen LogP contribution in [0.25, 0.3) is 22.3 Å². The average Bonchev–Trinajstić information content (AvgIpc) is 2.54. The molecule has 112 valence electrons. The van der Waals surface area contributed by atoms with Crippen molar-refractivity contribution in [1.29, 1.82) is 0 Å². The molecule has 0 bridgehead atoms. The predicted molar refractivity (Wildman–Crippen MR) is 86.5 cm³/mol. The number of fused-ring (bicyclic) bond motifs is 1.